The molecule has 2 rings (SSSR count). The van der Waals surface area contributed by atoms with E-state index in [1.54, 1.807) is 38.1 Å². The zero-order valence-electron chi connectivity index (χ0n) is 11.5. The normalized spacial score (nSPS) is 10.2. The molecule has 1 aromatic carbocycles. The van der Waals surface area contributed by atoms with E-state index < -0.39 is 11.9 Å². The van der Waals surface area contributed by atoms with Crippen molar-refractivity contribution in [3.05, 3.63) is 40.4 Å². The molecule has 1 heterocycles. The number of ether oxygens (including phenoxy) is 1. The van der Waals surface area contributed by atoms with Gasteiger partial charge in [-0.15, -0.1) is 0 Å². The standard InChI is InChI=1S/C14H14N2O4S/c1-3-20-13(19)9-5-4-6-10(7-9)16-14-15-8(2)11(21-14)12(17)18/h4-7H,3H2,1-2H3,(H,15,16)(H,17,18). The van der Waals surface area contributed by atoms with E-state index in [1.807, 2.05) is 0 Å². The molecule has 0 saturated heterocycles. The zero-order valence-corrected chi connectivity index (χ0v) is 12.4. The second kappa shape index (κ2) is 6.36. The highest BCUT2D eigenvalue weighted by Crippen LogP contribution is 2.26. The van der Waals surface area contributed by atoms with Crippen LogP contribution >= 0.6 is 11.3 Å². The highest BCUT2D eigenvalue weighted by Gasteiger charge is 2.14. The summed E-state index contributed by atoms with van der Waals surface area (Å²) in [6.07, 6.45) is 0. The molecule has 110 valence electrons. The maximum atomic E-state index is 11.7. The van der Waals surface area contributed by atoms with Crippen molar-refractivity contribution in [2.24, 2.45) is 0 Å². The molecular formula is C14H14N2O4S. The van der Waals surface area contributed by atoms with Gasteiger partial charge in [-0.05, 0) is 32.0 Å². The average Bonchev–Trinajstić information content (AvgIpc) is 2.80. The van der Waals surface area contributed by atoms with Gasteiger partial charge in [0.1, 0.15) is 4.88 Å². The molecule has 1 aromatic heterocycles. The monoisotopic (exact) mass is 306 g/mol. The van der Waals surface area contributed by atoms with Gasteiger partial charge in [0.25, 0.3) is 0 Å². The molecule has 0 atom stereocenters. The molecule has 0 bridgehead atoms. The highest BCUT2D eigenvalue weighted by molar-refractivity contribution is 7.17. The predicted octanol–water partition coefficient (Wildman–Crippen LogP) is 3.07. The number of carbonyl (C=O) groups is 2. The van der Waals surface area contributed by atoms with E-state index in [4.69, 9.17) is 9.84 Å². The lowest BCUT2D eigenvalue weighted by Crippen LogP contribution is -2.04. The predicted molar refractivity (Wildman–Crippen MR) is 79.5 cm³/mol. The van der Waals surface area contributed by atoms with Crippen LogP contribution in [0.15, 0.2) is 24.3 Å². The Labute approximate surface area is 125 Å². The molecule has 0 fully saturated rings. The smallest absolute Gasteiger partial charge is 0.347 e. The quantitative estimate of drug-likeness (QED) is 0.825. The summed E-state index contributed by atoms with van der Waals surface area (Å²) < 4.78 is 4.93. The van der Waals surface area contributed by atoms with Crippen molar-refractivity contribution < 1.29 is 19.4 Å². The lowest BCUT2D eigenvalue weighted by Gasteiger charge is -2.05. The Balaban J connectivity index is 2.20. The summed E-state index contributed by atoms with van der Waals surface area (Å²) >= 11 is 1.05. The van der Waals surface area contributed by atoms with Crippen molar-refractivity contribution in [1.82, 2.24) is 4.98 Å². The lowest BCUT2D eigenvalue weighted by atomic mass is 10.2. The van der Waals surface area contributed by atoms with Gasteiger partial charge in [-0.2, -0.15) is 0 Å². The number of nitrogens with zero attached hydrogens (tertiary/aromatic N) is 1. The molecule has 0 spiro atoms. The first-order valence-electron chi connectivity index (χ1n) is 6.26. The number of thiazole rings is 1. The molecule has 2 N–H and O–H groups in total. The summed E-state index contributed by atoms with van der Waals surface area (Å²) in [5.41, 5.74) is 1.52. The third-order valence-electron chi connectivity index (χ3n) is 2.62. The largest absolute Gasteiger partial charge is 0.477 e. The van der Waals surface area contributed by atoms with Crippen LogP contribution < -0.4 is 5.32 Å². The number of nitrogens with one attached hydrogen (secondary N) is 1. The van der Waals surface area contributed by atoms with Crippen LogP contribution in [0.2, 0.25) is 0 Å². The summed E-state index contributed by atoms with van der Waals surface area (Å²) in [7, 11) is 0. The van der Waals surface area contributed by atoms with Gasteiger partial charge in [0, 0.05) is 5.69 Å². The molecule has 0 unspecified atom stereocenters. The van der Waals surface area contributed by atoms with Gasteiger partial charge in [-0.3, -0.25) is 0 Å². The number of anilines is 2. The third-order valence-corrected chi connectivity index (χ3v) is 3.68. The summed E-state index contributed by atoms with van der Waals surface area (Å²) in [5.74, 6) is -1.40. The van der Waals surface area contributed by atoms with Gasteiger partial charge in [0.15, 0.2) is 5.13 Å². The molecule has 0 aliphatic carbocycles. The van der Waals surface area contributed by atoms with Crippen LogP contribution in [0.3, 0.4) is 0 Å². The molecule has 0 saturated carbocycles. The fourth-order valence-electron chi connectivity index (χ4n) is 1.71. The summed E-state index contributed by atoms with van der Waals surface area (Å²) in [6, 6.07) is 6.77. The van der Waals surface area contributed by atoms with Crippen LogP contribution in [0.4, 0.5) is 10.8 Å². The number of carbonyl (C=O) groups excluding carboxylic acids is 1. The van der Waals surface area contributed by atoms with Crippen LogP contribution in [0.5, 0.6) is 0 Å². The summed E-state index contributed by atoms with van der Waals surface area (Å²) in [5, 5.41) is 12.5. The fourth-order valence-corrected chi connectivity index (χ4v) is 2.54. The van der Waals surface area contributed by atoms with Crippen molar-refractivity contribution in [2.45, 2.75) is 13.8 Å². The van der Waals surface area contributed by atoms with Gasteiger partial charge in [0.2, 0.25) is 0 Å². The summed E-state index contributed by atoms with van der Waals surface area (Å²) in [4.78, 5) is 27.0. The number of aryl methyl sites for hydroxylation is 1. The molecule has 6 nitrogen and oxygen atoms in total. The number of aromatic nitrogens is 1. The van der Waals surface area contributed by atoms with Gasteiger partial charge in [-0.25, -0.2) is 14.6 Å². The van der Waals surface area contributed by atoms with Gasteiger partial charge >= 0.3 is 11.9 Å². The third kappa shape index (κ3) is 3.57. The van der Waals surface area contributed by atoms with Crippen molar-refractivity contribution >= 4 is 34.1 Å². The van der Waals surface area contributed by atoms with E-state index >= 15 is 0 Å². The van der Waals surface area contributed by atoms with Crippen molar-refractivity contribution in [3.63, 3.8) is 0 Å². The van der Waals surface area contributed by atoms with Crippen molar-refractivity contribution in [1.29, 1.82) is 0 Å². The van der Waals surface area contributed by atoms with Crippen LogP contribution in [0.25, 0.3) is 0 Å². The molecule has 0 radical (unpaired) electrons. The SMILES string of the molecule is CCOC(=O)c1cccc(Nc2nc(C)c(C(=O)O)s2)c1. The van der Waals surface area contributed by atoms with Crippen LogP contribution in [-0.2, 0) is 4.74 Å². The van der Waals surface area contributed by atoms with Gasteiger partial charge < -0.3 is 15.2 Å². The lowest BCUT2D eigenvalue weighted by molar-refractivity contribution is 0.0526. The molecule has 2 aromatic rings. The molecule has 0 aliphatic heterocycles. The van der Waals surface area contributed by atoms with E-state index in [0.29, 0.717) is 28.7 Å². The Bertz CT molecular complexity index is 681. The number of aromatic carboxylic acids is 1. The summed E-state index contributed by atoms with van der Waals surface area (Å²) in [6.45, 7) is 3.69. The maximum absolute atomic E-state index is 11.7. The Morgan fingerprint density at radius 3 is 2.81 bits per heavy atom. The van der Waals surface area contributed by atoms with Gasteiger partial charge in [0.05, 0.1) is 17.9 Å². The second-order valence-corrected chi connectivity index (χ2v) is 5.16. The molecule has 7 heteroatoms. The number of rotatable bonds is 5. The molecule has 0 amide bonds. The number of benzene rings is 1. The molecular weight excluding hydrogens is 292 g/mol. The van der Waals surface area contributed by atoms with Crippen LogP contribution in [0.1, 0.15) is 32.6 Å². The molecule has 21 heavy (non-hydrogen) atoms. The van der Waals surface area contributed by atoms with E-state index in [9.17, 15) is 9.59 Å². The van der Waals surface area contributed by atoms with Crippen LogP contribution in [-0.4, -0.2) is 28.6 Å². The zero-order chi connectivity index (χ0) is 15.4. The highest BCUT2D eigenvalue weighted by atomic mass is 32.1. The van der Waals surface area contributed by atoms with E-state index in [2.05, 4.69) is 10.3 Å². The van der Waals surface area contributed by atoms with Gasteiger partial charge in [-0.1, -0.05) is 17.4 Å². The minimum Gasteiger partial charge on any atom is -0.477 e. The first-order valence-corrected chi connectivity index (χ1v) is 7.08. The number of carboxylic acid groups (broad SMARTS) is 1. The van der Waals surface area contributed by atoms with E-state index in [-0.39, 0.29) is 4.88 Å². The van der Waals surface area contributed by atoms with E-state index in [0.717, 1.165) is 11.3 Å². The first-order chi connectivity index (χ1) is 10.0. The Kier molecular flexibility index (Phi) is 4.54. The van der Waals surface area contributed by atoms with Crippen LogP contribution in [0, 0.1) is 6.92 Å². The molecule has 0 aliphatic rings. The topological polar surface area (TPSA) is 88.5 Å². The number of esters is 1. The van der Waals surface area contributed by atoms with Crippen molar-refractivity contribution in [3.8, 4) is 0 Å². The minimum absolute atomic E-state index is 0.194. The minimum atomic E-state index is -1.00. The first kappa shape index (κ1) is 15.0. The number of hydrogen-bond donors (Lipinski definition) is 2. The Morgan fingerprint density at radius 1 is 1.43 bits per heavy atom. The maximum Gasteiger partial charge on any atom is 0.347 e. The number of hydrogen-bond acceptors (Lipinski definition) is 6. The average molecular weight is 306 g/mol. The number of carboxylic acids is 1. The Hall–Kier alpha value is -2.41. The van der Waals surface area contributed by atoms with Crippen molar-refractivity contribution in [2.75, 3.05) is 11.9 Å². The Morgan fingerprint density at radius 2 is 2.19 bits per heavy atom. The fraction of sp³-hybridized carbons (Fsp3) is 0.214. The second-order valence-electron chi connectivity index (χ2n) is 4.16. The van der Waals surface area contributed by atoms with E-state index in [1.165, 1.54) is 0 Å².